The Hall–Kier alpha value is -0.940. The summed E-state index contributed by atoms with van der Waals surface area (Å²) in [5, 5.41) is 3.22. The van der Waals surface area contributed by atoms with Crippen LogP contribution in [0.1, 0.15) is 44.9 Å². The van der Waals surface area contributed by atoms with Crippen LogP contribution in [0, 0.1) is 5.41 Å². The minimum Gasteiger partial charge on any atom is -0.378 e. The second-order valence-corrected chi connectivity index (χ2v) is 6.44. The van der Waals surface area contributed by atoms with Gasteiger partial charge in [-0.05, 0) is 12.8 Å². The minimum absolute atomic E-state index is 0.00708. The normalized spacial score (nSPS) is 34.0. The quantitative estimate of drug-likeness (QED) is 0.769. The van der Waals surface area contributed by atoms with Gasteiger partial charge in [0.2, 0.25) is 11.8 Å². The molecule has 0 aromatic rings. The second kappa shape index (κ2) is 5.45. The molecule has 2 atom stereocenters. The molecule has 2 aliphatic heterocycles. The van der Waals surface area contributed by atoms with E-state index < -0.39 is 5.41 Å². The van der Waals surface area contributed by atoms with Gasteiger partial charge in [0.25, 0.3) is 0 Å². The van der Waals surface area contributed by atoms with Gasteiger partial charge < -0.3 is 10.1 Å². The summed E-state index contributed by atoms with van der Waals surface area (Å²) in [6.07, 6.45) is 6.64. The summed E-state index contributed by atoms with van der Waals surface area (Å²) in [6, 6.07) is -0.123. The van der Waals surface area contributed by atoms with Gasteiger partial charge in [0.15, 0.2) is 0 Å². The van der Waals surface area contributed by atoms with E-state index in [1.165, 1.54) is 17.7 Å². The predicted octanol–water partition coefficient (Wildman–Crippen LogP) is 1.07. The summed E-state index contributed by atoms with van der Waals surface area (Å²) in [4.78, 5) is 26.9. The van der Waals surface area contributed by atoms with Crippen LogP contribution in [0.4, 0.5) is 0 Å². The van der Waals surface area contributed by atoms with Crippen LogP contribution in [0.2, 0.25) is 0 Å². The number of rotatable bonds is 2. The Labute approximate surface area is 120 Å². The van der Waals surface area contributed by atoms with Gasteiger partial charge in [0.05, 0.1) is 17.6 Å². The number of carbonyl (C=O) groups excluding carboxylic acids is 2. The van der Waals surface area contributed by atoms with E-state index in [1.54, 1.807) is 7.11 Å². The second-order valence-electron chi connectivity index (χ2n) is 6.44. The maximum atomic E-state index is 12.9. The number of hydrogen-bond donors (Lipinski definition) is 1. The Morgan fingerprint density at radius 2 is 1.85 bits per heavy atom. The van der Waals surface area contributed by atoms with Gasteiger partial charge in [-0.1, -0.05) is 25.7 Å². The molecule has 5 heteroatoms. The highest BCUT2D eigenvalue weighted by molar-refractivity contribution is 6.06. The highest BCUT2D eigenvalue weighted by Crippen LogP contribution is 2.45. The molecule has 112 valence electrons. The fourth-order valence-corrected chi connectivity index (χ4v) is 4.09. The van der Waals surface area contributed by atoms with Crippen molar-refractivity contribution < 1.29 is 14.3 Å². The van der Waals surface area contributed by atoms with Crippen LogP contribution in [0.3, 0.4) is 0 Å². The van der Waals surface area contributed by atoms with Gasteiger partial charge >= 0.3 is 0 Å². The first kappa shape index (κ1) is 14.0. The molecule has 3 aliphatic rings. The fraction of sp³-hybridized carbons (Fsp3) is 0.867. The average molecular weight is 280 g/mol. The van der Waals surface area contributed by atoms with E-state index >= 15 is 0 Å². The third kappa shape index (κ3) is 2.17. The standard InChI is InChI=1S/C15H24N2O3/c1-20-12-10-16-9-11(12)17-13(18)8-15(14(17)19)6-4-2-3-5-7-15/h11-12,16H,2-10H2,1H3/t11?,12-/m0/s1. The number of nitrogens with zero attached hydrogens (tertiary/aromatic N) is 1. The van der Waals surface area contributed by atoms with Crippen LogP contribution in [-0.2, 0) is 14.3 Å². The Morgan fingerprint density at radius 3 is 2.50 bits per heavy atom. The Kier molecular flexibility index (Phi) is 3.82. The van der Waals surface area contributed by atoms with Crippen molar-refractivity contribution in [3.63, 3.8) is 0 Å². The van der Waals surface area contributed by atoms with Crippen molar-refractivity contribution >= 4 is 11.8 Å². The Balaban J connectivity index is 1.82. The molecule has 2 amide bonds. The highest BCUT2D eigenvalue weighted by Gasteiger charge is 2.54. The lowest BCUT2D eigenvalue weighted by Crippen LogP contribution is -2.48. The molecule has 1 N–H and O–H groups in total. The molecule has 2 heterocycles. The number of ether oxygens (including phenoxy) is 1. The lowest BCUT2D eigenvalue weighted by Gasteiger charge is -2.29. The van der Waals surface area contributed by atoms with Crippen LogP contribution in [-0.4, -0.2) is 49.1 Å². The summed E-state index contributed by atoms with van der Waals surface area (Å²) in [5.41, 5.74) is -0.394. The molecular weight excluding hydrogens is 256 g/mol. The zero-order valence-electron chi connectivity index (χ0n) is 12.2. The molecule has 1 aliphatic carbocycles. The largest absolute Gasteiger partial charge is 0.378 e. The van der Waals surface area contributed by atoms with Crippen LogP contribution in [0.15, 0.2) is 0 Å². The van der Waals surface area contributed by atoms with Crippen LogP contribution in [0.5, 0.6) is 0 Å². The zero-order valence-corrected chi connectivity index (χ0v) is 12.2. The predicted molar refractivity (Wildman–Crippen MR) is 74.1 cm³/mol. The number of imide groups is 1. The third-order valence-corrected chi connectivity index (χ3v) is 5.25. The average Bonchev–Trinajstić information content (AvgIpc) is 2.88. The van der Waals surface area contributed by atoms with Crippen molar-refractivity contribution in [2.45, 2.75) is 57.1 Å². The Bertz CT molecular complexity index is 402. The van der Waals surface area contributed by atoms with Gasteiger partial charge in [-0.2, -0.15) is 0 Å². The molecule has 3 rings (SSSR count). The molecule has 0 radical (unpaired) electrons. The highest BCUT2D eigenvalue weighted by atomic mass is 16.5. The van der Waals surface area contributed by atoms with E-state index in [9.17, 15) is 9.59 Å². The SMILES string of the molecule is CO[C@H]1CNCC1N1C(=O)CC2(CCCCCC2)C1=O. The van der Waals surface area contributed by atoms with E-state index in [1.807, 2.05) is 0 Å². The molecule has 5 nitrogen and oxygen atoms in total. The summed E-state index contributed by atoms with van der Waals surface area (Å²) >= 11 is 0. The van der Waals surface area contributed by atoms with E-state index in [0.29, 0.717) is 19.5 Å². The van der Waals surface area contributed by atoms with Crippen molar-refractivity contribution in [3.05, 3.63) is 0 Å². The third-order valence-electron chi connectivity index (χ3n) is 5.25. The first-order chi connectivity index (χ1) is 9.68. The van der Waals surface area contributed by atoms with Gasteiger partial charge in [-0.25, -0.2) is 0 Å². The zero-order chi connectivity index (χ0) is 14.2. The van der Waals surface area contributed by atoms with E-state index in [-0.39, 0.29) is 24.0 Å². The number of hydrogen-bond acceptors (Lipinski definition) is 4. The molecule has 1 unspecified atom stereocenters. The number of methoxy groups -OCH3 is 1. The molecule has 3 fully saturated rings. The number of nitrogens with one attached hydrogen (secondary N) is 1. The molecule has 0 bridgehead atoms. The molecule has 0 aromatic heterocycles. The number of amides is 2. The van der Waals surface area contributed by atoms with Crippen molar-refractivity contribution in [2.24, 2.45) is 5.41 Å². The van der Waals surface area contributed by atoms with Gasteiger partial charge in [-0.3, -0.25) is 14.5 Å². The van der Waals surface area contributed by atoms with Gasteiger partial charge in [-0.15, -0.1) is 0 Å². The molecule has 1 saturated carbocycles. The number of carbonyl (C=O) groups is 2. The first-order valence-corrected chi connectivity index (χ1v) is 7.78. The summed E-state index contributed by atoms with van der Waals surface area (Å²) in [7, 11) is 1.65. The smallest absolute Gasteiger partial charge is 0.236 e. The lowest BCUT2D eigenvalue weighted by molar-refractivity contribution is -0.146. The molecule has 20 heavy (non-hydrogen) atoms. The lowest BCUT2D eigenvalue weighted by atomic mass is 9.79. The van der Waals surface area contributed by atoms with Crippen LogP contribution < -0.4 is 5.32 Å². The van der Waals surface area contributed by atoms with Crippen LogP contribution >= 0.6 is 0 Å². The summed E-state index contributed by atoms with van der Waals surface area (Å²) in [5.74, 6) is 0.0767. The topological polar surface area (TPSA) is 58.6 Å². The summed E-state index contributed by atoms with van der Waals surface area (Å²) < 4.78 is 5.42. The maximum absolute atomic E-state index is 12.9. The molecule has 1 spiro atoms. The van der Waals surface area contributed by atoms with Gasteiger partial charge in [0.1, 0.15) is 0 Å². The van der Waals surface area contributed by atoms with Crippen molar-refractivity contribution in [1.82, 2.24) is 10.2 Å². The van der Waals surface area contributed by atoms with Crippen molar-refractivity contribution in [1.29, 1.82) is 0 Å². The fourth-order valence-electron chi connectivity index (χ4n) is 4.09. The maximum Gasteiger partial charge on any atom is 0.236 e. The van der Waals surface area contributed by atoms with E-state index in [4.69, 9.17) is 4.74 Å². The Morgan fingerprint density at radius 1 is 1.15 bits per heavy atom. The monoisotopic (exact) mass is 280 g/mol. The minimum atomic E-state index is -0.394. The van der Waals surface area contributed by atoms with Crippen molar-refractivity contribution in [2.75, 3.05) is 20.2 Å². The molecule has 2 saturated heterocycles. The summed E-state index contributed by atoms with van der Waals surface area (Å²) in [6.45, 7) is 1.37. The first-order valence-electron chi connectivity index (χ1n) is 7.78. The van der Waals surface area contributed by atoms with Crippen LogP contribution in [0.25, 0.3) is 0 Å². The number of likely N-dealkylation sites (tertiary alicyclic amines) is 1. The molecular formula is C15H24N2O3. The van der Waals surface area contributed by atoms with E-state index in [0.717, 1.165) is 25.7 Å². The van der Waals surface area contributed by atoms with E-state index in [2.05, 4.69) is 5.32 Å². The molecule has 0 aromatic carbocycles. The van der Waals surface area contributed by atoms with Crippen molar-refractivity contribution in [3.8, 4) is 0 Å². The van der Waals surface area contributed by atoms with Gasteiger partial charge in [0, 0.05) is 26.6 Å².